The Balaban J connectivity index is 2.16. The highest BCUT2D eigenvalue weighted by atomic mass is 16.1. The predicted octanol–water partition coefficient (Wildman–Crippen LogP) is 0.641. The van der Waals surface area contributed by atoms with Gasteiger partial charge >= 0.3 is 0 Å². The van der Waals surface area contributed by atoms with Crippen LogP contribution in [-0.4, -0.2) is 24.1 Å². The van der Waals surface area contributed by atoms with Crippen LogP contribution in [0.2, 0.25) is 0 Å². The molecule has 15 heavy (non-hydrogen) atoms. The molecule has 0 saturated heterocycles. The zero-order valence-electron chi connectivity index (χ0n) is 9.42. The second-order valence-electron chi connectivity index (χ2n) is 3.67. The van der Waals surface area contributed by atoms with Gasteiger partial charge in [-0.15, -0.1) is 0 Å². The molecule has 1 rings (SSSR count). The molecule has 1 amide bonds. The summed E-state index contributed by atoms with van der Waals surface area (Å²) < 4.78 is 1.97. The van der Waals surface area contributed by atoms with Crippen LogP contribution < -0.4 is 10.6 Å². The lowest BCUT2D eigenvalue weighted by Gasteiger charge is -2.03. The third-order valence-corrected chi connectivity index (χ3v) is 2.21. The van der Waals surface area contributed by atoms with Crippen LogP contribution >= 0.6 is 0 Å². The van der Waals surface area contributed by atoms with E-state index < -0.39 is 0 Å². The highest BCUT2D eigenvalue weighted by Crippen LogP contribution is 1.98. The average Bonchev–Trinajstić information content (AvgIpc) is 2.62. The lowest BCUT2D eigenvalue weighted by molar-refractivity contribution is -0.121. The minimum atomic E-state index is 0.120. The number of rotatable bonds is 6. The van der Waals surface area contributed by atoms with E-state index in [0.717, 1.165) is 18.5 Å². The van der Waals surface area contributed by atoms with Crippen molar-refractivity contribution in [3.63, 3.8) is 0 Å². The zero-order valence-corrected chi connectivity index (χ0v) is 9.42. The van der Waals surface area contributed by atoms with E-state index in [2.05, 4.69) is 10.6 Å². The van der Waals surface area contributed by atoms with Crippen LogP contribution in [0.15, 0.2) is 18.5 Å². The molecule has 84 valence electrons. The lowest BCUT2D eigenvalue weighted by atomic mass is 10.3. The molecule has 2 N–H and O–H groups in total. The first kappa shape index (κ1) is 11.8. The normalized spacial score (nSPS) is 10.3. The molecule has 4 nitrogen and oxygen atoms in total. The number of hydrogen-bond donors (Lipinski definition) is 2. The van der Waals surface area contributed by atoms with E-state index in [9.17, 15) is 4.79 Å². The van der Waals surface area contributed by atoms with Crippen molar-refractivity contribution in [2.24, 2.45) is 7.05 Å². The second-order valence-corrected chi connectivity index (χ2v) is 3.67. The number of aryl methyl sites for hydroxylation is 1. The van der Waals surface area contributed by atoms with E-state index in [1.54, 1.807) is 0 Å². The molecule has 4 heteroatoms. The van der Waals surface area contributed by atoms with Crippen LogP contribution in [0, 0.1) is 0 Å². The maximum atomic E-state index is 11.4. The summed E-state index contributed by atoms with van der Waals surface area (Å²) in [6.45, 7) is 1.51. The quantitative estimate of drug-likeness (QED) is 0.675. The summed E-state index contributed by atoms with van der Waals surface area (Å²) in [6.07, 6.45) is 5.46. The van der Waals surface area contributed by atoms with E-state index in [-0.39, 0.29) is 5.91 Å². The van der Waals surface area contributed by atoms with Gasteiger partial charge in [0.15, 0.2) is 0 Å². The van der Waals surface area contributed by atoms with Crippen LogP contribution in [0.4, 0.5) is 0 Å². The van der Waals surface area contributed by atoms with Crippen molar-refractivity contribution in [2.75, 3.05) is 13.6 Å². The Morgan fingerprint density at radius 3 is 2.93 bits per heavy atom. The molecule has 1 heterocycles. The van der Waals surface area contributed by atoms with E-state index in [0.29, 0.717) is 13.0 Å². The molecular weight excluding hydrogens is 190 g/mol. The van der Waals surface area contributed by atoms with Crippen molar-refractivity contribution in [3.8, 4) is 0 Å². The van der Waals surface area contributed by atoms with Gasteiger partial charge in [-0.25, -0.2) is 0 Å². The number of aromatic nitrogens is 1. The third-order valence-electron chi connectivity index (χ3n) is 2.21. The molecule has 1 aromatic heterocycles. The Morgan fingerprint density at radius 2 is 2.33 bits per heavy atom. The van der Waals surface area contributed by atoms with Crippen molar-refractivity contribution >= 4 is 5.91 Å². The minimum absolute atomic E-state index is 0.120. The first-order chi connectivity index (χ1) is 7.22. The number of nitrogens with zero attached hydrogens (tertiary/aromatic N) is 1. The SMILES string of the molecule is CNCCCC(=O)NCc1ccn(C)c1. The zero-order chi connectivity index (χ0) is 11.1. The van der Waals surface area contributed by atoms with Crippen molar-refractivity contribution in [3.05, 3.63) is 24.0 Å². The lowest BCUT2D eigenvalue weighted by Crippen LogP contribution is -2.23. The summed E-state index contributed by atoms with van der Waals surface area (Å²) in [6, 6.07) is 2.01. The Morgan fingerprint density at radius 1 is 1.53 bits per heavy atom. The van der Waals surface area contributed by atoms with E-state index in [1.807, 2.05) is 37.1 Å². The van der Waals surface area contributed by atoms with Gasteiger partial charge in [0.1, 0.15) is 0 Å². The Kier molecular flexibility index (Phi) is 4.90. The molecule has 0 bridgehead atoms. The summed E-state index contributed by atoms with van der Waals surface area (Å²) in [5.74, 6) is 0.120. The van der Waals surface area contributed by atoms with Crippen LogP contribution in [0.5, 0.6) is 0 Å². The minimum Gasteiger partial charge on any atom is -0.357 e. The number of nitrogens with one attached hydrogen (secondary N) is 2. The molecule has 1 aromatic rings. The van der Waals surface area contributed by atoms with Gasteiger partial charge in [-0.3, -0.25) is 4.79 Å². The molecule has 0 saturated carbocycles. The molecular formula is C11H19N3O. The molecule has 0 unspecified atom stereocenters. The summed E-state index contributed by atoms with van der Waals surface area (Å²) >= 11 is 0. The summed E-state index contributed by atoms with van der Waals surface area (Å²) in [5.41, 5.74) is 1.14. The van der Waals surface area contributed by atoms with Crippen LogP contribution in [0.1, 0.15) is 18.4 Å². The fourth-order valence-corrected chi connectivity index (χ4v) is 1.38. The van der Waals surface area contributed by atoms with Gasteiger partial charge in [0.05, 0.1) is 0 Å². The molecule has 0 aliphatic heterocycles. The van der Waals surface area contributed by atoms with Crippen LogP contribution in [0.25, 0.3) is 0 Å². The van der Waals surface area contributed by atoms with Crippen molar-refractivity contribution in [1.29, 1.82) is 0 Å². The smallest absolute Gasteiger partial charge is 0.220 e. The van der Waals surface area contributed by atoms with Gasteiger partial charge in [0.25, 0.3) is 0 Å². The highest BCUT2D eigenvalue weighted by molar-refractivity contribution is 5.75. The van der Waals surface area contributed by atoms with Gasteiger partial charge in [0.2, 0.25) is 5.91 Å². The van der Waals surface area contributed by atoms with Crippen molar-refractivity contribution in [1.82, 2.24) is 15.2 Å². The van der Waals surface area contributed by atoms with Gasteiger partial charge < -0.3 is 15.2 Å². The standard InChI is InChI=1S/C11H19N3O/c1-12-6-3-4-11(15)13-8-10-5-7-14(2)9-10/h5,7,9,12H,3-4,6,8H2,1-2H3,(H,13,15). The van der Waals surface area contributed by atoms with Crippen LogP contribution in [0.3, 0.4) is 0 Å². The van der Waals surface area contributed by atoms with E-state index in [1.165, 1.54) is 0 Å². The maximum Gasteiger partial charge on any atom is 0.220 e. The largest absolute Gasteiger partial charge is 0.357 e. The Hall–Kier alpha value is -1.29. The predicted molar refractivity (Wildman–Crippen MR) is 60.4 cm³/mol. The maximum absolute atomic E-state index is 11.4. The molecule has 0 aromatic carbocycles. The van der Waals surface area contributed by atoms with Gasteiger partial charge in [0, 0.05) is 32.4 Å². The Bertz CT molecular complexity index is 307. The van der Waals surface area contributed by atoms with E-state index >= 15 is 0 Å². The molecule has 0 radical (unpaired) electrons. The highest BCUT2D eigenvalue weighted by Gasteiger charge is 2.00. The van der Waals surface area contributed by atoms with E-state index in [4.69, 9.17) is 0 Å². The number of amides is 1. The first-order valence-corrected chi connectivity index (χ1v) is 5.24. The monoisotopic (exact) mass is 209 g/mol. The second kappa shape index (κ2) is 6.24. The first-order valence-electron chi connectivity index (χ1n) is 5.24. The Labute approximate surface area is 90.7 Å². The van der Waals surface area contributed by atoms with Crippen molar-refractivity contribution in [2.45, 2.75) is 19.4 Å². The fraction of sp³-hybridized carbons (Fsp3) is 0.545. The topological polar surface area (TPSA) is 46.1 Å². The van der Waals surface area contributed by atoms with Gasteiger partial charge in [-0.05, 0) is 31.6 Å². The van der Waals surface area contributed by atoms with Crippen molar-refractivity contribution < 1.29 is 4.79 Å². The summed E-state index contributed by atoms with van der Waals surface area (Å²) in [7, 11) is 3.86. The molecule has 0 aliphatic carbocycles. The van der Waals surface area contributed by atoms with Gasteiger partial charge in [-0.1, -0.05) is 0 Å². The van der Waals surface area contributed by atoms with Crippen LogP contribution in [-0.2, 0) is 18.4 Å². The fourth-order valence-electron chi connectivity index (χ4n) is 1.38. The van der Waals surface area contributed by atoms with Gasteiger partial charge in [-0.2, -0.15) is 0 Å². The number of carbonyl (C=O) groups is 1. The average molecular weight is 209 g/mol. The summed E-state index contributed by atoms with van der Waals surface area (Å²) in [4.78, 5) is 11.4. The number of hydrogen-bond acceptors (Lipinski definition) is 2. The number of carbonyl (C=O) groups excluding carboxylic acids is 1. The summed E-state index contributed by atoms with van der Waals surface area (Å²) in [5, 5.41) is 5.91. The molecule has 0 atom stereocenters. The molecule has 0 fully saturated rings. The molecule has 0 spiro atoms. The molecule has 0 aliphatic rings. The third kappa shape index (κ3) is 4.65.